The van der Waals surface area contributed by atoms with Crippen molar-refractivity contribution in [2.75, 3.05) is 13.2 Å². The number of carbonyl (C=O) groups excluding carboxylic acids is 2. The molecule has 2 rings (SSSR count). The van der Waals surface area contributed by atoms with Gasteiger partial charge in [-0.15, -0.1) is 0 Å². The van der Waals surface area contributed by atoms with Crippen molar-refractivity contribution in [3.63, 3.8) is 0 Å². The largest absolute Gasteiger partial charge is 0.463 e. The number of nitro groups is 1. The van der Waals surface area contributed by atoms with Gasteiger partial charge in [-0.05, 0) is 19.9 Å². The van der Waals surface area contributed by atoms with Gasteiger partial charge in [-0.3, -0.25) is 10.1 Å². The van der Waals surface area contributed by atoms with Crippen LogP contribution in [-0.4, -0.2) is 30.1 Å². The second-order valence-corrected chi connectivity index (χ2v) is 6.01. The van der Waals surface area contributed by atoms with Crippen LogP contribution in [0.3, 0.4) is 0 Å². The molecule has 8 nitrogen and oxygen atoms in total. The van der Waals surface area contributed by atoms with Crippen molar-refractivity contribution < 1.29 is 41.9 Å². The first kappa shape index (κ1) is 22.9. The van der Waals surface area contributed by atoms with E-state index in [4.69, 9.17) is 16.3 Å². The van der Waals surface area contributed by atoms with Gasteiger partial charge in [0, 0.05) is 17.7 Å². The molecule has 0 saturated heterocycles. The van der Waals surface area contributed by atoms with E-state index in [2.05, 4.69) is 9.47 Å². The smallest absolute Gasteiger partial charge is 0.345 e. The number of nitro benzene ring substituents is 1. The lowest BCUT2D eigenvalue weighted by molar-refractivity contribution is -0.385. The van der Waals surface area contributed by atoms with E-state index >= 15 is 0 Å². The number of hydrogen-bond donors (Lipinski definition) is 0. The molecule has 0 fully saturated rings. The zero-order valence-electron chi connectivity index (χ0n) is 15.5. The summed E-state index contributed by atoms with van der Waals surface area (Å²) in [6.07, 6.45) is 0. The summed E-state index contributed by atoms with van der Waals surface area (Å²) in [5.74, 6) is -7.99. The Morgan fingerprint density at radius 1 is 1.13 bits per heavy atom. The number of halogens is 4. The second-order valence-electron chi connectivity index (χ2n) is 5.63. The molecule has 0 heterocycles. The molecule has 0 radical (unpaired) electrons. The summed E-state index contributed by atoms with van der Waals surface area (Å²) in [4.78, 5) is 33.7. The summed E-state index contributed by atoms with van der Waals surface area (Å²) >= 11 is 5.67. The topological polar surface area (TPSA) is 105 Å². The van der Waals surface area contributed by atoms with Crippen LogP contribution in [0.4, 0.5) is 18.9 Å². The molecule has 160 valence electrons. The maximum absolute atomic E-state index is 14.1. The molecule has 0 aliphatic rings. The zero-order chi connectivity index (χ0) is 22.6. The number of carbonyl (C=O) groups is 2. The fraction of sp³-hybridized carbons (Fsp3) is 0.222. The average Bonchev–Trinajstić information content (AvgIpc) is 2.72. The van der Waals surface area contributed by atoms with E-state index < -0.39 is 74.3 Å². The van der Waals surface area contributed by atoms with E-state index in [1.54, 1.807) is 0 Å². The first-order valence-corrected chi connectivity index (χ1v) is 8.57. The molecule has 0 unspecified atom stereocenters. The Hall–Kier alpha value is -3.34. The summed E-state index contributed by atoms with van der Waals surface area (Å²) in [7, 11) is 0. The third kappa shape index (κ3) is 4.79. The number of ether oxygens (including phenoxy) is 3. The van der Waals surface area contributed by atoms with Crippen LogP contribution in [0.25, 0.3) is 0 Å². The van der Waals surface area contributed by atoms with E-state index in [0.29, 0.717) is 0 Å². The normalized spacial score (nSPS) is 10.5. The van der Waals surface area contributed by atoms with E-state index in [1.165, 1.54) is 6.92 Å². The fourth-order valence-electron chi connectivity index (χ4n) is 2.23. The molecule has 0 saturated carbocycles. The van der Waals surface area contributed by atoms with Crippen molar-refractivity contribution >= 4 is 29.2 Å². The van der Waals surface area contributed by atoms with Crippen LogP contribution in [0, 0.1) is 34.5 Å². The molecule has 0 atom stereocenters. The molecule has 0 aliphatic carbocycles. The van der Waals surface area contributed by atoms with Gasteiger partial charge in [0.15, 0.2) is 24.0 Å². The van der Waals surface area contributed by atoms with Gasteiger partial charge >= 0.3 is 11.9 Å². The number of nitrogens with zero attached hydrogens (tertiary/aromatic N) is 1. The van der Waals surface area contributed by atoms with Crippen molar-refractivity contribution in [1.82, 2.24) is 0 Å². The summed E-state index contributed by atoms with van der Waals surface area (Å²) in [5.41, 5.74) is -2.05. The predicted molar refractivity (Wildman–Crippen MR) is 96.1 cm³/mol. The second kappa shape index (κ2) is 9.44. The van der Waals surface area contributed by atoms with Crippen LogP contribution >= 0.6 is 11.6 Å². The standard InChI is InChI=1S/C18H13ClF3NO7/c1-3-28-12(24)7-29-18(25)10-6-9(4-5-11(10)23(26)27)30-17-13(19)14(20)8(2)15(21)16(17)22/h4-6H,3,7H2,1-2H3. The molecule has 0 amide bonds. The van der Waals surface area contributed by atoms with E-state index in [0.717, 1.165) is 25.1 Å². The lowest BCUT2D eigenvalue weighted by Crippen LogP contribution is -2.17. The van der Waals surface area contributed by atoms with Gasteiger partial charge in [-0.2, -0.15) is 4.39 Å². The Morgan fingerprint density at radius 3 is 2.40 bits per heavy atom. The summed E-state index contributed by atoms with van der Waals surface area (Å²) in [6, 6.07) is 2.55. The summed E-state index contributed by atoms with van der Waals surface area (Å²) in [6.45, 7) is 1.69. The molecule has 30 heavy (non-hydrogen) atoms. The average molecular weight is 448 g/mol. The molecule has 12 heteroatoms. The first-order valence-electron chi connectivity index (χ1n) is 8.20. The quantitative estimate of drug-likeness (QED) is 0.266. The highest BCUT2D eigenvalue weighted by molar-refractivity contribution is 6.32. The monoisotopic (exact) mass is 447 g/mol. The van der Waals surface area contributed by atoms with Crippen LogP contribution in [0.15, 0.2) is 18.2 Å². The van der Waals surface area contributed by atoms with Gasteiger partial charge in [0.05, 0.1) is 11.5 Å². The SMILES string of the molecule is CCOC(=O)COC(=O)c1cc(Oc2c(F)c(F)c(C)c(F)c2Cl)ccc1[N+](=O)[O-]. The number of rotatable bonds is 7. The number of hydrogen-bond acceptors (Lipinski definition) is 7. The summed E-state index contributed by atoms with van der Waals surface area (Å²) < 4.78 is 56.1. The number of esters is 2. The van der Waals surface area contributed by atoms with Gasteiger partial charge in [0.2, 0.25) is 5.82 Å². The molecule has 2 aromatic carbocycles. The van der Waals surface area contributed by atoms with Gasteiger partial charge in [0.1, 0.15) is 16.3 Å². The minimum Gasteiger partial charge on any atom is -0.463 e. The minimum absolute atomic E-state index is 0.0237. The third-order valence-corrected chi connectivity index (χ3v) is 4.01. The van der Waals surface area contributed by atoms with Crippen LogP contribution in [0.5, 0.6) is 11.5 Å². The third-order valence-electron chi connectivity index (χ3n) is 3.67. The van der Waals surface area contributed by atoms with E-state index in [9.17, 15) is 32.9 Å². The maximum Gasteiger partial charge on any atom is 0.345 e. The van der Waals surface area contributed by atoms with E-state index in [1.807, 2.05) is 0 Å². The molecule has 0 aromatic heterocycles. The van der Waals surface area contributed by atoms with Crippen LogP contribution in [-0.2, 0) is 14.3 Å². The van der Waals surface area contributed by atoms with Gasteiger partial charge < -0.3 is 14.2 Å². The van der Waals surface area contributed by atoms with E-state index in [-0.39, 0.29) is 6.61 Å². The van der Waals surface area contributed by atoms with Crippen molar-refractivity contribution in [3.05, 3.63) is 61.9 Å². The van der Waals surface area contributed by atoms with Crippen molar-refractivity contribution in [1.29, 1.82) is 0 Å². The van der Waals surface area contributed by atoms with Crippen molar-refractivity contribution in [2.45, 2.75) is 13.8 Å². The maximum atomic E-state index is 14.1. The van der Waals surface area contributed by atoms with Crippen molar-refractivity contribution in [3.8, 4) is 11.5 Å². The Morgan fingerprint density at radius 2 is 1.80 bits per heavy atom. The molecule has 0 bridgehead atoms. The molecular formula is C18H13ClF3NO7. The predicted octanol–water partition coefficient (Wildman–Crippen LogP) is 4.49. The fourth-order valence-corrected chi connectivity index (χ4v) is 2.50. The first-order chi connectivity index (χ1) is 14.1. The van der Waals surface area contributed by atoms with Crippen LogP contribution < -0.4 is 4.74 Å². The van der Waals surface area contributed by atoms with Gasteiger partial charge in [-0.1, -0.05) is 11.6 Å². The highest BCUT2D eigenvalue weighted by Gasteiger charge is 2.26. The van der Waals surface area contributed by atoms with Crippen molar-refractivity contribution in [2.24, 2.45) is 0 Å². The van der Waals surface area contributed by atoms with Crippen LogP contribution in [0.1, 0.15) is 22.8 Å². The Balaban J connectivity index is 2.41. The van der Waals surface area contributed by atoms with Gasteiger partial charge in [0.25, 0.3) is 5.69 Å². The van der Waals surface area contributed by atoms with Gasteiger partial charge in [-0.25, -0.2) is 18.4 Å². The molecule has 2 aromatic rings. The molecular weight excluding hydrogens is 435 g/mol. The lowest BCUT2D eigenvalue weighted by Gasteiger charge is -2.13. The summed E-state index contributed by atoms with van der Waals surface area (Å²) in [5, 5.41) is 10.3. The number of benzene rings is 2. The Bertz CT molecular complexity index is 1000. The molecule has 0 N–H and O–H groups in total. The Kier molecular flexibility index (Phi) is 7.22. The lowest BCUT2D eigenvalue weighted by atomic mass is 10.1. The van der Waals surface area contributed by atoms with Crippen LogP contribution in [0.2, 0.25) is 5.02 Å². The zero-order valence-corrected chi connectivity index (χ0v) is 16.2. The minimum atomic E-state index is -1.59. The molecule has 0 spiro atoms. The molecule has 0 aliphatic heterocycles. The highest BCUT2D eigenvalue weighted by atomic mass is 35.5. The highest BCUT2D eigenvalue weighted by Crippen LogP contribution is 2.38. The Labute approximate surface area is 172 Å².